The van der Waals surface area contributed by atoms with Crippen LogP contribution in [0.5, 0.6) is 0 Å². The largest absolute Gasteiger partial charge is 0.326 e. The molecule has 0 aliphatic carbocycles. The lowest BCUT2D eigenvalue weighted by Crippen LogP contribution is -1.96. The highest BCUT2D eigenvalue weighted by Gasteiger charge is 1.99. The zero-order chi connectivity index (χ0) is 9.26. The van der Waals surface area contributed by atoms with E-state index >= 15 is 0 Å². The molecule has 0 fully saturated rings. The summed E-state index contributed by atoms with van der Waals surface area (Å²) in [6.45, 7) is 0.612. The number of rotatable bonds is 1. The van der Waals surface area contributed by atoms with Gasteiger partial charge in [0.25, 0.3) is 0 Å². The SMILES string of the molecule is NCc1cc(I)c2ccccc2c1. The Kier molecular flexibility index (Phi) is 2.51. The molecule has 0 heterocycles. The van der Waals surface area contributed by atoms with Crippen LogP contribution < -0.4 is 5.73 Å². The second-order valence-corrected chi connectivity index (χ2v) is 4.17. The first-order chi connectivity index (χ1) is 6.31. The highest BCUT2D eigenvalue weighted by atomic mass is 127. The van der Waals surface area contributed by atoms with Gasteiger partial charge < -0.3 is 5.73 Å². The molecule has 0 saturated carbocycles. The van der Waals surface area contributed by atoms with E-state index in [-0.39, 0.29) is 0 Å². The highest BCUT2D eigenvalue weighted by molar-refractivity contribution is 14.1. The number of fused-ring (bicyclic) bond motifs is 1. The Labute approximate surface area is 91.1 Å². The van der Waals surface area contributed by atoms with Gasteiger partial charge >= 0.3 is 0 Å². The van der Waals surface area contributed by atoms with E-state index in [1.807, 2.05) is 0 Å². The van der Waals surface area contributed by atoms with Crippen LogP contribution in [0.25, 0.3) is 10.8 Å². The van der Waals surface area contributed by atoms with Crippen molar-refractivity contribution >= 4 is 33.4 Å². The molecule has 0 unspecified atom stereocenters. The minimum atomic E-state index is 0.612. The predicted octanol–water partition coefficient (Wildman–Crippen LogP) is 2.90. The quantitative estimate of drug-likeness (QED) is 0.800. The maximum Gasteiger partial charge on any atom is 0.0212 e. The van der Waals surface area contributed by atoms with Crippen molar-refractivity contribution in [2.24, 2.45) is 5.73 Å². The number of hydrogen-bond acceptors (Lipinski definition) is 1. The Hall–Kier alpha value is -0.610. The fourth-order valence-electron chi connectivity index (χ4n) is 1.44. The van der Waals surface area contributed by atoms with Crippen LogP contribution in [-0.2, 0) is 6.54 Å². The molecule has 2 rings (SSSR count). The van der Waals surface area contributed by atoms with Crippen LogP contribution in [0.15, 0.2) is 36.4 Å². The average Bonchev–Trinajstić information content (AvgIpc) is 2.18. The third kappa shape index (κ3) is 1.69. The Morgan fingerprint density at radius 2 is 1.92 bits per heavy atom. The van der Waals surface area contributed by atoms with Gasteiger partial charge in [-0.3, -0.25) is 0 Å². The number of hydrogen-bond donors (Lipinski definition) is 1. The van der Waals surface area contributed by atoms with Gasteiger partial charge in [0, 0.05) is 10.1 Å². The maximum absolute atomic E-state index is 5.61. The van der Waals surface area contributed by atoms with Crippen LogP contribution in [0.1, 0.15) is 5.56 Å². The molecule has 2 aromatic rings. The monoisotopic (exact) mass is 283 g/mol. The summed E-state index contributed by atoms with van der Waals surface area (Å²) < 4.78 is 1.27. The van der Waals surface area contributed by atoms with Crippen LogP contribution >= 0.6 is 22.6 Å². The van der Waals surface area contributed by atoms with Crippen molar-refractivity contribution in [3.8, 4) is 0 Å². The van der Waals surface area contributed by atoms with Crippen LogP contribution in [-0.4, -0.2) is 0 Å². The van der Waals surface area contributed by atoms with Crippen molar-refractivity contribution in [2.45, 2.75) is 6.54 Å². The van der Waals surface area contributed by atoms with E-state index in [0.29, 0.717) is 6.54 Å². The summed E-state index contributed by atoms with van der Waals surface area (Å²) in [7, 11) is 0. The lowest BCUT2D eigenvalue weighted by Gasteiger charge is -2.03. The third-order valence-electron chi connectivity index (χ3n) is 2.11. The topological polar surface area (TPSA) is 26.0 Å². The molecule has 0 bridgehead atoms. The molecule has 0 aliphatic heterocycles. The summed E-state index contributed by atoms with van der Waals surface area (Å²) in [6.07, 6.45) is 0. The van der Waals surface area contributed by atoms with E-state index < -0.39 is 0 Å². The van der Waals surface area contributed by atoms with Gasteiger partial charge in [-0.25, -0.2) is 0 Å². The van der Waals surface area contributed by atoms with Crippen LogP contribution in [0.3, 0.4) is 0 Å². The number of halogens is 1. The lowest BCUT2D eigenvalue weighted by molar-refractivity contribution is 1.07. The van der Waals surface area contributed by atoms with Gasteiger partial charge in [-0.2, -0.15) is 0 Å². The Morgan fingerprint density at radius 1 is 1.15 bits per heavy atom. The van der Waals surface area contributed by atoms with Gasteiger partial charge in [-0.15, -0.1) is 0 Å². The summed E-state index contributed by atoms with van der Waals surface area (Å²) >= 11 is 2.35. The Morgan fingerprint density at radius 3 is 2.69 bits per heavy atom. The fraction of sp³-hybridized carbons (Fsp3) is 0.0909. The first-order valence-corrected chi connectivity index (χ1v) is 5.26. The molecule has 0 aliphatic rings. The molecular formula is C11H10IN. The lowest BCUT2D eigenvalue weighted by atomic mass is 10.1. The molecule has 0 radical (unpaired) electrons. The second-order valence-electron chi connectivity index (χ2n) is 3.00. The molecule has 0 amide bonds. The molecule has 0 aromatic heterocycles. The molecule has 0 saturated heterocycles. The number of benzene rings is 2. The van der Waals surface area contributed by atoms with Gasteiger partial charge in [-0.1, -0.05) is 24.3 Å². The highest BCUT2D eigenvalue weighted by Crippen LogP contribution is 2.22. The third-order valence-corrected chi connectivity index (χ3v) is 3.00. The van der Waals surface area contributed by atoms with E-state index in [9.17, 15) is 0 Å². The normalized spacial score (nSPS) is 10.6. The summed E-state index contributed by atoms with van der Waals surface area (Å²) in [5, 5.41) is 2.58. The van der Waals surface area contributed by atoms with Gasteiger partial charge in [0.2, 0.25) is 0 Å². The zero-order valence-corrected chi connectivity index (χ0v) is 9.28. The molecule has 66 valence electrons. The van der Waals surface area contributed by atoms with Gasteiger partial charge in [0.05, 0.1) is 0 Å². The van der Waals surface area contributed by atoms with E-state index in [1.165, 1.54) is 19.9 Å². The van der Waals surface area contributed by atoms with Crippen molar-refractivity contribution in [1.82, 2.24) is 0 Å². The fourth-order valence-corrected chi connectivity index (χ4v) is 2.33. The molecule has 2 heteroatoms. The molecule has 0 spiro atoms. The summed E-state index contributed by atoms with van der Waals surface area (Å²) in [4.78, 5) is 0. The van der Waals surface area contributed by atoms with E-state index in [1.54, 1.807) is 0 Å². The molecule has 2 aromatic carbocycles. The molecular weight excluding hydrogens is 273 g/mol. The minimum Gasteiger partial charge on any atom is -0.326 e. The van der Waals surface area contributed by atoms with E-state index in [0.717, 1.165) is 0 Å². The number of nitrogens with two attached hydrogens (primary N) is 1. The second kappa shape index (κ2) is 3.64. The van der Waals surface area contributed by atoms with Gasteiger partial charge in [0.1, 0.15) is 0 Å². The summed E-state index contributed by atoms with van der Waals surface area (Å²) in [5.41, 5.74) is 6.80. The van der Waals surface area contributed by atoms with Crippen molar-refractivity contribution < 1.29 is 0 Å². The minimum absolute atomic E-state index is 0.612. The van der Waals surface area contributed by atoms with Crippen LogP contribution in [0.2, 0.25) is 0 Å². The average molecular weight is 283 g/mol. The molecule has 13 heavy (non-hydrogen) atoms. The molecule has 1 nitrogen and oxygen atoms in total. The summed E-state index contributed by atoms with van der Waals surface area (Å²) in [5.74, 6) is 0. The molecule has 2 N–H and O–H groups in total. The standard InChI is InChI=1S/C11H10IN/c12-11-6-8(7-13)5-9-3-1-2-4-10(9)11/h1-6H,7,13H2. The summed E-state index contributed by atoms with van der Waals surface area (Å²) in [6, 6.07) is 12.7. The van der Waals surface area contributed by atoms with Crippen LogP contribution in [0, 0.1) is 3.57 Å². The van der Waals surface area contributed by atoms with Crippen molar-refractivity contribution in [3.05, 3.63) is 45.5 Å². The van der Waals surface area contributed by atoms with Crippen LogP contribution in [0.4, 0.5) is 0 Å². The predicted molar refractivity (Wildman–Crippen MR) is 64.6 cm³/mol. The maximum atomic E-state index is 5.61. The van der Waals surface area contributed by atoms with Gasteiger partial charge in [-0.05, 0) is 51.1 Å². The first-order valence-electron chi connectivity index (χ1n) is 4.18. The molecule has 0 atom stereocenters. The zero-order valence-electron chi connectivity index (χ0n) is 7.13. The van der Waals surface area contributed by atoms with Crippen molar-refractivity contribution in [2.75, 3.05) is 0 Å². The van der Waals surface area contributed by atoms with E-state index in [4.69, 9.17) is 5.73 Å². The van der Waals surface area contributed by atoms with Crippen molar-refractivity contribution in [3.63, 3.8) is 0 Å². The Balaban J connectivity index is 2.77. The smallest absolute Gasteiger partial charge is 0.0212 e. The van der Waals surface area contributed by atoms with E-state index in [2.05, 4.69) is 59.0 Å². The van der Waals surface area contributed by atoms with Crippen molar-refractivity contribution in [1.29, 1.82) is 0 Å². The Bertz CT molecular complexity index is 437. The van der Waals surface area contributed by atoms with Gasteiger partial charge in [0.15, 0.2) is 0 Å². The first kappa shape index (κ1) is 8.97.